The molecule has 136 valence electrons. The van der Waals surface area contributed by atoms with Gasteiger partial charge in [0.2, 0.25) is 0 Å². The maximum atomic E-state index is 10.1. The summed E-state index contributed by atoms with van der Waals surface area (Å²) >= 11 is 0. The monoisotopic (exact) mass is 349 g/mol. The lowest BCUT2D eigenvalue weighted by Crippen LogP contribution is -2.25. The lowest BCUT2D eigenvalue weighted by Gasteiger charge is -2.26. The van der Waals surface area contributed by atoms with Gasteiger partial charge in [0.15, 0.2) is 0 Å². The Morgan fingerprint density at radius 2 is 1.58 bits per heavy atom. The normalized spacial score (nSPS) is 10.8. The minimum atomic E-state index is 0.706. The number of fused-ring (bicyclic) bond motifs is 1. The summed E-state index contributed by atoms with van der Waals surface area (Å²) in [5.41, 5.74) is 4.10. The highest BCUT2D eigenvalue weighted by atomic mass is 16.5. The Labute approximate surface area is 155 Å². The Morgan fingerprint density at radius 3 is 2.27 bits per heavy atom. The van der Waals surface area contributed by atoms with Crippen molar-refractivity contribution in [1.82, 2.24) is 0 Å². The Hall–Kier alpha value is -2.72. The second kappa shape index (κ2) is 8.11. The second-order valence-corrected chi connectivity index (χ2v) is 6.43. The molecule has 4 nitrogen and oxygen atoms in total. The molecule has 0 atom stereocenters. The molecule has 0 amide bonds. The molecule has 2 N–H and O–H groups in total. The highest BCUT2D eigenvalue weighted by Crippen LogP contribution is 2.29. The third kappa shape index (κ3) is 3.92. The quantitative estimate of drug-likeness (QED) is 0.581. The van der Waals surface area contributed by atoms with Crippen LogP contribution < -0.4 is 15.3 Å². The van der Waals surface area contributed by atoms with E-state index in [0.717, 1.165) is 35.7 Å². The van der Waals surface area contributed by atoms with Crippen LogP contribution in [0, 0.1) is 0 Å². The van der Waals surface area contributed by atoms with Crippen molar-refractivity contribution in [2.45, 2.75) is 20.4 Å². The van der Waals surface area contributed by atoms with E-state index in [-0.39, 0.29) is 0 Å². The van der Waals surface area contributed by atoms with E-state index in [0.29, 0.717) is 6.54 Å². The molecule has 0 aliphatic heterocycles. The molecule has 0 aliphatic rings. The molecule has 0 fully saturated rings. The number of anilines is 3. The van der Waals surface area contributed by atoms with Crippen molar-refractivity contribution in [2.75, 3.05) is 35.4 Å². The maximum Gasteiger partial charge on any atom is 0.0867 e. The van der Waals surface area contributed by atoms with Crippen LogP contribution in [-0.4, -0.2) is 25.3 Å². The van der Waals surface area contributed by atoms with Crippen LogP contribution in [0.25, 0.3) is 10.8 Å². The number of nitrogens with one attached hydrogen (secondary N) is 1. The van der Waals surface area contributed by atoms with E-state index in [1.165, 1.54) is 15.8 Å². The fourth-order valence-corrected chi connectivity index (χ4v) is 3.27. The highest BCUT2D eigenvalue weighted by molar-refractivity contribution is 5.85. The largest absolute Gasteiger partial charge is 0.381 e. The van der Waals surface area contributed by atoms with E-state index in [1.807, 2.05) is 6.07 Å². The Bertz CT molecular complexity index is 872. The molecule has 3 aromatic rings. The summed E-state index contributed by atoms with van der Waals surface area (Å²) in [5, 5.41) is 17.2. The zero-order valence-electron chi connectivity index (χ0n) is 15.7. The first kappa shape index (κ1) is 18.1. The van der Waals surface area contributed by atoms with Crippen LogP contribution in [0.1, 0.15) is 19.4 Å². The number of rotatable bonds is 7. The van der Waals surface area contributed by atoms with Crippen LogP contribution in [0.15, 0.2) is 60.7 Å². The van der Waals surface area contributed by atoms with Crippen molar-refractivity contribution >= 4 is 27.8 Å². The molecule has 0 bridgehead atoms. The number of nitrogens with zero attached hydrogens (tertiary/aromatic N) is 2. The Kier molecular flexibility index (Phi) is 5.64. The molecule has 0 saturated carbocycles. The molecule has 0 radical (unpaired) electrons. The molecule has 3 rings (SSSR count). The van der Waals surface area contributed by atoms with Gasteiger partial charge >= 0.3 is 0 Å². The Balaban J connectivity index is 1.79. The van der Waals surface area contributed by atoms with E-state index in [2.05, 4.69) is 78.7 Å². The van der Waals surface area contributed by atoms with E-state index in [1.54, 1.807) is 7.05 Å². The van der Waals surface area contributed by atoms with Gasteiger partial charge in [0.25, 0.3) is 0 Å². The number of hydrogen-bond donors (Lipinski definition) is 2. The smallest absolute Gasteiger partial charge is 0.0867 e. The van der Waals surface area contributed by atoms with Gasteiger partial charge in [-0.25, -0.2) is 0 Å². The van der Waals surface area contributed by atoms with Gasteiger partial charge in [-0.1, -0.05) is 36.4 Å². The van der Waals surface area contributed by atoms with Crippen molar-refractivity contribution in [3.63, 3.8) is 0 Å². The van der Waals surface area contributed by atoms with Crippen LogP contribution in [0.4, 0.5) is 17.1 Å². The molecule has 0 aliphatic carbocycles. The van der Waals surface area contributed by atoms with Crippen LogP contribution in [-0.2, 0) is 6.54 Å². The summed E-state index contributed by atoms with van der Waals surface area (Å²) in [6.45, 7) is 6.77. The molecule has 26 heavy (non-hydrogen) atoms. The summed E-state index contributed by atoms with van der Waals surface area (Å²) in [4.78, 5) is 2.24. The zero-order chi connectivity index (χ0) is 18.5. The molecular weight excluding hydrogens is 322 g/mol. The first-order chi connectivity index (χ1) is 12.6. The molecule has 0 heterocycles. The third-order valence-electron chi connectivity index (χ3n) is 4.74. The zero-order valence-corrected chi connectivity index (χ0v) is 15.7. The predicted octanol–water partition coefficient (Wildman–Crippen LogP) is 5.12. The van der Waals surface area contributed by atoms with E-state index in [9.17, 15) is 5.21 Å². The van der Waals surface area contributed by atoms with Gasteiger partial charge in [0, 0.05) is 32.4 Å². The van der Waals surface area contributed by atoms with Gasteiger partial charge in [-0.3, -0.25) is 10.3 Å². The molecule has 4 heteroatoms. The fourth-order valence-electron chi connectivity index (χ4n) is 3.27. The van der Waals surface area contributed by atoms with Gasteiger partial charge < -0.3 is 10.2 Å². The third-order valence-corrected chi connectivity index (χ3v) is 4.74. The number of hydrogen-bond acceptors (Lipinski definition) is 4. The Morgan fingerprint density at radius 1 is 0.846 bits per heavy atom. The van der Waals surface area contributed by atoms with E-state index < -0.39 is 0 Å². The lowest BCUT2D eigenvalue weighted by molar-refractivity contribution is 0.279. The number of benzene rings is 3. The topological polar surface area (TPSA) is 38.7 Å². The van der Waals surface area contributed by atoms with Crippen LogP contribution >= 0.6 is 0 Å². The summed E-state index contributed by atoms with van der Waals surface area (Å²) in [7, 11) is 1.67. The van der Waals surface area contributed by atoms with Gasteiger partial charge in [-0.15, -0.1) is 0 Å². The van der Waals surface area contributed by atoms with Gasteiger partial charge in [0.05, 0.1) is 11.4 Å². The summed E-state index contributed by atoms with van der Waals surface area (Å²) < 4.78 is 0. The lowest BCUT2D eigenvalue weighted by atomic mass is 10.1. The maximum absolute atomic E-state index is 10.1. The average Bonchev–Trinajstić information content (AvgIpc) is 2.67. The van der Waals surface area contributed by atoms with Crippen molar-refractivity contribution in [2.24, 2.45) is 0 Å². The van der Waals surface area contributed by atoms with Crippen molar-refractivity contribution in [1.29, 1.82) is 0 Å². The van der Waals surface area contributed by atoms with Crippen LogP contribution in [0.3, 0.4) is 0 Å². The van der Waals surface area contributed by atoms with Crippen molar-refractivity contribution in [3.8, 4) is 0 Å². The fraction of sp³-hybridized carbons (Fsp3) is 0.273. The number of hydroxylamine groups is 1. The molecule has 0 aromatic heterocycles. The van der Waals surface area contributed by atoms with Gasteiger partial charge in [-0.05, 0) is 54.4 Å². The molecule has 3 aromatic carbocycles. The van der Waals surface area contributed by atoms with E-state index >= 15 is 0 Å². The minimum Gasteiger partial charge on any atom is -0.381 e. The second-order valence-electron chi connectivity index (χ2n) is 6.43. The van der Waals surface area contributed by atoms with Gasteiger partial charge in [0.1, 0.15) is 0 Å². The average molecular weight is 349 g/mol. The first-order valence-electron chi connectivity index (χ1n) is 9.15. The molecule has 0 spiro atoms. The van der Waals surface area contributed by atoms with Crippen LogP contribution in [0.2, 0.25) is 0 Å². The van der Waals surface area contributed by atoms with Gasteiger partial charge in [-0.2, -0.15) is 0 Å². The SMILES string of the molecule is CCN(CC)c1ccc(CNc2ccc3ccccc3c2)cc1N(C)O. The summed E-state index contributed by atoms with van der Waals surface area (Å²) in [5.74, 6) is 0. The molecule has 0 saturated heterocycles. The summed E-state index contributed by atoms with van der Waals surface area (Å²) in [6, 6.07) is 21.0. The highest BCUT2D eigenvalue weighted by Gasteiger charge is 2.12. The molecule has 0 unspecified atom stereocenters. The predicted molar refractivity (Wildman–Crippen MR) is 111 cm³/mol. The van der Waals surface area contributed by atoms with E-state index in [4.69, 9.17) is 0 Å². The molecular formula is C22H27N3O. The first-order valence-corrected chi connectivity index (χ1v) is 9.15. The van der Waals surface area contributed by atoms with Crippen molar-refractivity contribution < 1.29 is 5.21 Å². The standard InChI is InChI=1S/C22H27N3O/c1-4-25(5-2)21-13-10-17(14-22(21)24(3)26)16-23-20-12-11-18-8-6-7-9-19(18)15-20/h6-15,23,26H,4-5,16H2,1-3H3. The summed E-state index contributed by atoms with van der Waals surface area (Å²) in [6.07, 6.45) is 0. The van der Waals surface area contributed by atoms with Crippen molar-refractivity contribution in [3.05, 3.63) is 66.2 Å². The van der Waals surface area contributed by atoms with Crippen LogP contribution in [0.5, 0.6) is 0 Å². The minimum absolute atomic E-state index is 0.706.